The molecule has 0 bridgehead atoms. The molecule has 1 aliphatic heterocycles. The summed E-state index contributed by atoms with van der Waals surface area (Å²) in [6, 6.07) is 4.86. The molecule has 1 saturated carbocycles. The minimum Gasteiger partial charge on any atom is -0.352 e. The van der Waals surface area contributed by atoms with E-state index in [-0.39, 0.29) is 24.2 Å². The van der Waals surface area contributed by atoms with Gasteiger partial charge in [-0.1, -0.05) is 25.7 Å². The van der Waals surface area contributed by atoms with Gasteiger partial charge >= 0.3 is 6.03 Å². The van der Waals surface area contributed by atoms with Crippen LogP contribution in [0.1, 0.15) is 51.0 Å². The molecule has 0 spiro atoms. The molecule has 150 valence electrons. The normalized spacial score (nSPS) is 23.2. The van der Waals surface area contributed by atoms with Crippen molar-refractivity contribution < 1.29 is 19.3 Å². The molecule has 3 rings (SSSR count). The number of hydrogen-bond acceptors (Lipinski definition) is 5. The molecule has 0 unspecified atom stereocenters. The number of nitrogens with zero attached hydrogens (tertiary/aromatic N) is 2. The van der Waals surface area contributed by atoms with Crippen LogP contribution in [0.2, 0.25) is 0 Å². The van der Waals surface area contributed by atoms with Crippen LogP contribution in [0.3, 0.4) is 0 Å². The smallest absolute Gasteiger partial charge is 0.325 e. The highest BCUT2D eigenvalue weighted by Crippen LogP contribution is 2.30. The molecule has 2 fully saturated rings. The number of nitro benzene ring substituents is 1. The lowest BCUT2D eigenvalue weighted by Crippen LogP contribution is -2.45. The molecule has 1 heterocycles. The SMILES string of the molecule is C[C@]1(c2ccc([N+](=O)[O-])cc2)NC(=O)N(CC(=O)NC2CCCCCC2)C1=O. The van der Waals surface area contributed by atoms with Crippen LogP contribution < -0.4 is 10.6 Å². The predicted octanol–water partition coefficient (Wildman–Crippen LogP) is 2.20. The van der Waals surface area contributed by atoms with Crippen molar-refractivity contribution >= 4 is 23.5 Å². The van der Waals surface area contributed by atoms with Gasteiger partial charge in [0.1, 0.15) is 12.1 Å². The summed E-state index contributed by atoms with van der Waals surface area (Å²) in [4.78, 5) is 48.7. The third-order valence-corrected chi connectivity index (χ3v) is 5.45. The molecule has 1 aromatic rings. The molecule has 4 amide bonds. The summed E-state index contributed by atoms with van der Waals surface area (Å²) in [7, 11) is 0. The second-order valence-corrected chi connectivity index (χ2v) is 7.51. The Labute approximate surface area is 162 Å². The Balaban J connectivity index is 1.68. The van der Waals surface area contributed by atoms with E-state index in [0.717, 1.165) is 43.4 Å². The Morgan fingerprint density at radius 1 is 1.21 bits per heavy atom. The fraction of sp³-hybridized carbons (Fsp3) is 0.526. The van der Waals surface area contributed by atoms with Crippen LogP contribution in [0.25, 0.3) is 0 Å². The molecule has 0 aromatic heterocycles. The summed E-state index contributed by atoms with van der Waals surface area (Å²) >= 11 is 0. The van der Waals surface area contributed by atoms with E-state index in [2.05, 4.69) is 10.6 Å². The Kier molecular flexibility index (Phi) is 5.62. The van der Waals surface area contributed by atoms with Crippen molar-refractivity contribution in [1.82, 2.24) is 15.5 Å². The van der Waals surface area contributed by atoms with Gasteiger partial charge in [0.05, 0.1) is 4.92 Å². The molecule has 2 aliphatic rings. The van der Waals surface area contributed by atoms with Gasteiger partial charge in [-0.2, -0.15) is 0 Å². The minimum atomic E-state index is -1.37. The fourth-order valence-corrected chi connectivity index (χ4v) is 3.79. The Morgan fingerprint density at radius 2 is 1.82 bits per heavy atom. The van der Waals surface area contributed by atoms with Crippen molar-refractivity contribution in [3.05, 3.63) is 39.9 Å². The van der Waals surface area contributed by atoms with E-state index in [1.807, 2.05) is 0 Å². The van der Waals surface area contributed by atoms with Gasteiger partial charge in [-0.25, -0.2) is 4.79 Å². The zero-order valence-corrected chi connectivity index (χ0v) is 15.8. The molecule has 1 saturated heterocycles. The highest BCUT2D eigenvalue weighted by Gasteiger charge is 2.49. The molecule has 1 atom stereocenters. The van der Waals surface area contributed by atoms with Crippen molar-refractivity contribution in [1.29, 1.82) is 0 Å². The van der Waals surface area contributed by atoms with E-state index in [0.29, 0.717) is 5.56 Å². The first-order chi connectivity index (χ1) is 13.3. The van der Waals surface area contributed by atoms with Gasteiger partial charge in [-0.15, -0.1) is 0 Å². The lowest BCUT2D eigenvalue weighted by molar-refractivity contribution is -0.384. The van der Waals surface area contributed by atoms with Gasteiger partial charge in [0.2, 0.25) is 5.91 Å². The monoisotopic (exact) mass is 388 g/mol. The maximum absolute atomic E-state index is 12.9. The zero-order chi connectivity index (χ0) is 20.3. The van der Waals surface area contributed by atoms with Crippen molar-refractivity contribution in [3.63, 3.8) is 0 Å². The maximum atomic E-state index is 12.9. The first kappa shape index (κ1) is 19.8. The summed E-state index contributed by atoms with van der Waals surface area (Å²) in [5.41, 5.74) is -1.05. The average molecular weight is 388 g/mol. The molecular formula is C19H24N4O5. The number of carbonyl (C=O) groups excluding carboxylic acids is 3. The number of benzene rings is 1. The largest absolute Gasteiger partial charge is 0.352 e. The van der Waals surface area contributed by atoms with Crippen LogP contribution in [0.15, 0.2) is 24.3 Å². The van der Waals surface area contributed by atoms with Gasteiger partial charge in [0, 0.05) is 18.2 Å². The number of hydrogen-bond donors (Lipinski definition) is 2. The third-order valence-electron chi connectivity index (χ3n) is 5.45. The summed E-state index contributed by atoms with van der Waals surface area (Å²) in [6.45, 7) is 1.18. The maximum Gasteiger partial charge on any atom is 0.325 e. The standard InChI is InChI=1S/C19H24N4O5/c1-19(13-8-10-15(11-9-13)23(27)28)17(25)22(18(26)21-19)12-16(24)20-14-6-4-2-3-5-7-14/h8-11,14H,2-7,12H2,1H3,(H,20,24)(H,21,26)/t19-/m1/s1. The molecule has 0 radical (unpaired) electrons. The van der Waals surface area contributed by atoms with Gasteiger partial charge in [0.15, 0.2) is 0 Å². The van der Waals surface area contributed by atoms with E-state index >= 15 is 0 Å². The van der Waals surface area contributed by atoms with Crippen LogP contribution in [0.4, 0.5) is 10.5 Å². The molecule has 1 aromatic carbocycles. The van der Waals surface area contributed by atoms with Crippen LogP contribution in [0, 0.1) is 10.1 Å². The number of nitrogens with one attached hydrogen (secondary N) is 2. The van der Waals surface area contributed by atoms with Crippen LogP contribution >= 0.6 is 0 Å². The molecule has 9 heteroatoms. The number of carbonyl (C=O) groups is 3. The number of amides is 4. The van der Waals surface area contributed by atoms with E-state index in [1.54, 1.807) is 0 Å². The summed E-state index contributed by atoms with van der Waals surface area (Å²) in [5.74, 6) is -0.911. The summed E-state index contributed by atoms with van der Waals surface area (Å²) in [6.07, 6.45) is 6.26. The topological polar surface area (TPSA) is 122 Å². The Hall–Kier alpha value is -2.97. The summed E-state index contributed by atoms with van der Waals surface area (Å²) < 4.78 is 0. The Bertz CT molecular complexity index is 786. The van der Waals surface area contributed by atoms with E-state index in [9.17, 15) is 24.5 Å². The molecule has 28 heavy (non-hydrogen) atoms. The highest BCUT2D eigenvalue weighted by atomic mass is 16.6. The number of imide groups is 1. The number of urea groups is 1. The molecule has 9 nitrogen and oxygen atoms in total. The van der Waals surface area contributed by atoms with Crippen molar-refractivity contribution in [3.8, 4) is 0 Å². The van der Waals surface area contributed by atoms with Crippen molar-refractivity contribution in [2.75, 3.05) is 6.54 Å². The van der Waals surface area contributed by atoms with Gasteiger partial charge < -0.3 is 10.6 Å². The van der Waals surface area contributed by atoms with Crippen LogP contribution in [-0.2, 0) is 15.1 Å². The lowest BCUT2D eigenvalue weighted by Gasteiger charge is -2.22. The molecule has 1 aliphatic carbocycles. The van der Waals surface area contributed by atoms with Gasteiger partial charge in [0.25, 0.3) is 11.6 Å². The van der Waals surface area contributed by atoms with Crippen LogP contribution in [-0.4, -0.2) is 40.3 Å². The fourth-order valence-electron chi connectivity index (χ4n) is 3.79. The highest BCUT2D eigenvalue weighted by molar-refractivity contribution is 6.09. The third kappa shape index (κ3) is 3.97. The van der Waals surface area contributed by atoms with Crippen LogP contribution in [0.5, 0.6) is 0 Å². The van der Waals surface area contributed by atoms with Gasteiger partial charge in [-0.05, 0) is 37.5 Å². The quantitative estimate of drug-likeness (QED) is 0.347. The van der Waals surface area contributed by atoms with E-state index in [1.165, 1.54) is 31.2 Å². The first-order valence-corrected chi connectivity index (χ1v) is 9.49. The number of non-ortho nitro benzene ring substituents is 1. The molecular weight excluding hydrogens is 364 g/mol. The zero-order valence-electron chi connectivity index (χ0n) is 15.8. The van der Waals surface area contributed by atoms with Crippen molar-refractivity contribution in [2.45, 2.75) is 57.0 Å². The number of rotatable bonds is 5. The lowest BCUT2D eigenvalue weighted by atomic mass is 9.92. The average Bonchev–Trinajstić information content (AvgIpc) is 2.85. The predicted molar refractivity (Wildman–Crippen MR) is 100 cm³/mol. The second-order valence-electron chi connectivity index (χ2n) is 7.51. The summed E-state index contributed by atoms with van der Waals surface area (Å²) in [5, 5.41) is 16.3. The molecule has 2 N–H and O–H groups in total. The van der Waals surface area contributed by atoms with E-state index in [4.69, 9.17) is 0 Å². The Morgan fingerprint density at radius 3 is 2.39 bits per heavy atom. The van der Waals surface area contributed by atoms with Gasteiger partial charge in [-0.3, -0.25) is 24.6 Å². The van der Waals surface area contributed by atoms with E-state index < -0.39 is 22.4 Å². The minimum absolute atomic E-state index is 0.0804. The second kappa shape index (κ2) is 7.95. The van der Waals surface area contributed by atoms with Crippen molar-refractivity contribution in [2.24, 2.45) is 0 Å². The first-order valence-electron chi connectivity index (χ1n) is 9.49. The number of nitro groups is 1.